The van der Waals surface area contributed by atoms with Crippen molar-refractivity contribution in [1.82, 2.24) is 0 Å². The second-order valence-electron chi connectivity index (χ2n) is 2.14. The van der Waals surface area contributed by atoms with E-state index in [4.69, 9.17) is 4.74 Å². The number of ether oxygens (including phenoxy) is 1. The van der Waals surface area contributed by atoms with Crippen LogP contribution in [0.1, 0.15) is 13.3 Å². The molecule has 0 radical (unpaired) electrons. The van der Waals surface area contributed by atoms with Crippen LogP contribution in [0.15, 0.2) is 0 Å². The van der Waals surface area contributed by atoms with E-state index in [1.54, 1.807) is 0 Å². The number of hydrogen-bond donors (Lipinski definition) is 0. The highest BCUT2D eigenvalue weighted by Crippen LogP contribution is 2.23. The number of hydrogen-bond acceptors (Lipinski definition) is 4. The fourth-order valence-electron chi connectivity index (χ4n) is 0.711. The lowest BCUT2D eigenvalue weighted by atomic mass is 10.3. The van der Waals surface area contributed by atoms with Crippen LogP contribution in [0.4, 0.5) is 0 Å². The topological polar surface area (TPSA) is 43.4 Å². The zero-order valence-corrected chi connectivity index (χ0v) is 6.44. The summed E-state index contributed by atoms with van der Waals surface area (Å²) in [5.41, 5.74) is -0.218. The van der Waals surface area contributed by atoms with Gasteiger partial charge in [0.15, 0.2) is 5.44 Å². The van der Waals surface area contributed by atoms with Gasteiger partial charge in [0.05, 0.1) is 12.2 Å². The molecule has 56 valence electrons. The summed E-state index contributed by atoms with van der Waals surface area (Å²) in [4.78, 5) is 21.0. The van der Waals surface area contributed by atoms with Gasteiger partial charge in [-0.3, -0.25) is 9.59 Å². The molecule has 4 heteroatoms. The molecule has 0 aromatic rings. The van der Waals surface area contributed by atoms with Gasteiger partial charge in [-0.05, 0) is 6.92 Å². The van der Waals surface area contributed by atoms with Crippen LogP contribution in [0.5, 0.6) is 0 Å². The Morgan fingerprint density at radius 1 is 1.90 bits per heavy atom. The third kappa shape index (κ3) is 2.02. The second-order valence-corrected chi connectivity index (χ2v) is 3.28. The SMILES string of the molecule is CC(=O)CC1OC(=O)CS1. The molecule has 0 aromatic heterocycles. The highest BCUT2D eigenvalue weighted by Gasteiger charge is 2.24. The van der Waals surface area contributed by atoms with Crippen molar-refractivity contribution in [3.63, 3.8) is 0 Å². The van der Waals surface area contributed by atoms with E-state index < -0.39 is 0 Å². The van der Waals surface area contributed by atoms with Gasteiger partial charge in [-0.1, -0.05) is 0 Å². The molecule has 1 heterocycles. The molecule has 1 aliphatic heterocycles. The summed E-state index contributed by atoms with van der Waals surface area (Å²) in [6, 6.07) is 0. The first-order valence-electron chi connectivity index (χ1n) is 2.99. The molecule has 1 rings (SSSR count). The monoisotopic (exact) mass is 160 g/mol. The maximum Gasteiger partial charge on any atom is 0.317 e. The summed E-state index contributed by atoms with van der Waals surface area (Å²) in [6.45, 7) is 1.49. The standard InChI is InChI=1S/C6H8O3S/c1-4(7)2-6-9-5(8)3-10-6/h6H,2-3H2,1H3. The highest BCUT2D eigenvalue weighted by atomic mass is 32.2. The first kappa shape index (κ1) is 7.60. The van der Waals surface area contributed by atoms with Crippen LogP contribution in [0.2, 0.25) is 0 Å². The summed E-state index contributed by atoms with van der Waals surface area (Å²) in [5.74, 6) is 0.237. The van der Waals surface area contributed by atoms with Gasteiger partial charge in [0.2, 0.25) is 0 Å². The van der Waals surface area contributed by atoms with Gasteiger partial charge in [-0.2, -0.15) is 0 Å². The van der Waals surface area contributed by atoms with E-state index >= 15 is 0 Å². The van der Waals surface area contributed by atoms with Crippen molar-refractivity contribution in [1.29, 1.82) is 0 Å². The van der Waals surface area contributed by atoms with Crippen LogP contribution in [0, 0.1) is 0 Å². The Hall–Kier alpha value is -0.510. The summed E-state index contributed by atoms with van der Waals surface area (Å²) in [6.07, 6.45) is 0.344. The summed E-state index contributed by atoms with van der Waals surface area (Å²) >= 11 is 1.39. The minimum absolute atomic E-state index is 0.0622. The first-order chi connectivity index (χ1) is 4.68. The molecule has 1 fully saturated rings. The Morgan fingerprint density at radius 3 is 3.00 bits per heavy atom. The Kier molecular flexibility index (Phi) is 2.32. The quantitative estimate of drug-likeness (QED) is 0.554. The number of ketones is 1. The Morgan fingerprint density at radius 2 is 2.60 bits per heavy atom. The molecule has 0 bridgehead atoms. The second kappa shape index (κ2) is 3.05. The van der Waals surface area contributed by atoms with E-state index in [2.05, 4.69) is 0 Å². The lowest BCUT2D eigenvalue weighted by Crippen LogP contribution is -2.08. The lowest BCUT2D eigenvalue weighted by Gasteiger charge is -2.03. The van der Waals surface area contributed by atoms with Crippen molar-refractivity contribution in [2.75, 3.05) is 5.75 Å². The molecule has 3 nitrogen and oxygen atoms in total. The predicted molar refractivity (Wildman–Crippen MR) is 37.6 cm³/mol. The Balaban J connectivity index is 2.31. The van der Waals surface area contributed by atoms with Gasteiger partial charge in [0.25, 0.3) is 0 Å². The zero-order valence-electron chi connectivity index (χ0n) is 5.62. The molecule has 1 aliphatic rings. The number of cyclic esters (lactones) is 1. The van der Waals surface area contributed by atoms with Crippen LogP contribution >= 0.6 is 11.8 Å². The molecule has 0 aliphatic carbocycles. The molecule has 0 N–H and O–H groups in total. The van der Waals surface area contributed by atoms with Crippen molar-refractivity contribution in [3.05, 3.63) is 0 Å². The Bertz CT molecular complexity index is 166. The average molecular weight is 160 g/mol. The summed E-state index contributed by atoms with van der Waals surface area (Å²) in [7, 11) is 0. The van der Waals surface area contributed by atoms with Crippen molar-refractivity contribution >= 4 is 23.5 Å². The lowest BCUT2D eigenvalue weighted by molar-refractivity contribution is -0.140. The van der Waals surface area contributed by atoms with Gasteiger partial charge in [0, 0.05) is 0 Å². The molecule has 0 saturated carbocycles. The number of Topliss-reactive ketones (excluding diaryl/α,β-unsaturated/α-hetero) is 1. The third-order valence-corrected chi connectivity index (χ3v) is 2.14. The molecular formula is C6H8O3S. The first-order valence-corrected chi connectivity index (χ1v) is 4.04. The number of rotatable bonds is 2. The van der Waals surface area contributed by atoms with Crippen molar-refractivity contribution in [2.24, 2.45) is 0 Å². The molecular weight excluding hydrogens is 152 g/mol. The number of esters is 1. The van der Waals surface area contributed by atoms with E-state index in [1.807, 2.05) is 0 Å². The van der Waals surface area contributed by atoms with Crippen LogP contribution in [-0.4, -0.2) is 22.9 Å². The van der Waals surface area contributed by atoms with Gasteiger partial charge in [-0.15, -0.1) is 11.8 Å². The normalized spacial score (nSPS) is 24.5. The zero-order chi connectivity index (χ0) is 7.56. The van der Waals surface area contributed by atoms with E-state index in [-0.39, 0.29) is 17.2 Å². The number of carbonyl (C=O) groups is 2. The maximum atomic E-state index is 10.5. The molecule has 1 atom stereocenters. The van der Waals surface area contributed by atoms with Crippen LogP contribution in [0.25, 0.3) is 0 Å². The largest absolute Gasteiger partial charge is 0.450 e. The van der Waals surface area contributed by atoms with E-state index in [1.165, 1.54) is 18.7 Å². The molecule has 1 unspecified atom stereocenters. The van der Waals surface area contributed by atoms with Crippen molar-refractivity contribution < 1.29 is 14.3 Å². The Labute approximate surface area is 63.1 Å². The van der Waals surface area contributed by atoms with Gasteiger partial charge >= 0.3 is 5.97 Å². The van der Waals surface area contributed by atoms with Crippen LogP contribution < -0.4 is 0 Å². The number of carbonyl (C=O) groups excluding carboxylic acids is 2. The van der Waals surface area contributed by atoms with Gasteiger partial charge < -0.3 is 4.74 Å². The highest BCUT2D eigenvalue weighted by molar-refractivity contribution is 8.00. The minimum atomic E-state index is -0.218. The molecule has 1 saturated heterocycles. The van der Waals surface area contributed by atoms with Crippen LogP contribution in [-0.2, 0) is 14.3 Å². The van der Waals surface area contributed by atoms with Crippen LogP contribution in [0.3, 0.4) is 0 Å². The summed E-state index contributed by atoms with van der Waals surface area (Å²) < 4.78 is 4.78. The van der Waals surface area contributed by atoms with Crippen molar-refractivity contribution in [2.45, 2.75) is 18.8 Å². The predicted octanol–water partition coefficient (Wildman–Crippen LogP) is 0.582. The molecule has 0 aromatic carbocycles. The van der Waals surface area contributed by atoms with Crippen molar-refractivity contribution in [3.8, 4) is 0 Å². The van der Waals surface area contributed by atoms with E-state index in [9.17, 15) is 9.59 Å². The molecule has 10 heavy (non-hydrogen) atoms. The molecule has 0 amide bonds. The fraction of sp³-hybridized carbons (Fsp3) is 0.667. The minimum Gasteiger partial charge on any atom is -0.450 e. The third-order valence-electron chi connectivity index (χ3n) is 1.10. The summed E-state index contributed by atoms with van der Waals surface area (Å²) in [5, 5.41) is 0. The average Bonchev–Trinajstić information content (AvgIpc) is 2.13. The van der Waals surface area contributed by atoms with E-state index in [0.29, 0.717) is 12.2 Å². The van der Waals surface area contributed by atoms with E-state index in [0.717, 1.165) is 0 Å². The van der Waals surface area contributed by atoms with Gasteiger partial charge in [-0.25, -0.2) is 0 Å². The number of thioether (sulfide) groups is 1. The maximum absolute atomic E-state index is 10.5. The fourth-order valence-corrected chi connectivity index (χ4v) is 1.63. The smallest absolute Gasteiger partial charge is 0.317 e. The van der Waals surface area contributed by atoms with Gasteiger partial charge in [0.1, 0.15) is 5.78 Å². The molecule has 0 spiro atoms.